The first kappa shape index (κ1) is 25.3. The second-order valence-corrected chi connectivity index (χ2v) is 10.8. The lowest BCUT2D eigenvalue weighted by atomic mass is 9.98. The molecule has 0 fully saturated rings. The molecule has 0 saturated carbocycles. The van der Waals surface area contributed by atoms with Crippen LogP contribution < -0.4 is 5.32 Å². The lowest BCUT2D eigenvalue weighted by Crippen LogP contribution is -2.17. The molecule has 0 aliphatic heterocycles. The Labute approximate surface area is 214 Å². The van der Waals surface area contributed by atoms with E-state index in [1.54, 1.807) is 67.6 Å². The Morgan fingerprint density at radius 2 is 1.53 bits per heavy atom. The monoisotopic (exact) mass is 518 g/mol. The van der Waals surface area contributed by atoms with Crippen LogP contribution in [0.4, 0.5) is 5.82 Å². The first-order valence-electron chi connectivity index (χ1n) is 11.2. The predicted molar refractivity (Wildman–Crippen MR) is 141 cm³/mol. The number of sulfone groups is 1. The van der Waals surface area contributed by atoms with E-state index in [0.29, 0.717) is 21.7 Å². The molecule has 36 heavy (non-hydrogen) atoms. The third-order valence-electron chi connectivity index (χ3n) is 5.60. The van der Waals surface area contributed by atoms with E-state index in [4.69, 9.17) is 11.6 Å². The van der Waals surface area contributed by atoms with Crippen molar-refractivity contribution in [2.45, 2.75) is 18.2 Å². The highest BCUT2D eigenvalue weighted by Crippen LogP contribution is 2.27. The summed E-state index contributed by atoms with van der Waals surface area (Å²) in [6.45, 7) is 1.58. The standard InChI is InChI=1S/C28H23ClN2O4S/c1-2-36(34,35)23-14-8-19(9-15-23)18-26(32)30-25-17-16-24(20-10-12-22(29)13-11-20)27(31-25)28(33)21-6-4-3-5-7-21/h3-17H,2,18H2,1H3,(H,30,31,32). The normalized spacial score (nSPS) is 11.2. The van der Waals surface area contributed by atoms with Crippen LogP contribution in [0.2, 0.25) is 5.02 Å². The summed E-state index contributed by atoms with van der Waals surface area (Å²) in [7, 11) is -3.31. The maximum absolute atomic E-state index is 13.3. The highest BCUT2D eigenvalue weighted by atomic mass is 35.5. The number of hydrogen-bond acceptors (Lipinski definition) is 5. The third kappa shape index (κ3) is 5.87. The van der Waals surface area contributed by atoms with Crippen LogP contribution in [0.3, 0.4) is 0 Å². The third-order valence-corrected chi connectivity index (χ3v) is 7.60. The van der Waals surface area contributed by atoms with Crippen molar-refractivity contribution in [3.05, 3.63) is 113 Å². The summed E-state index contributed by atoms with van der Waals surface area (Å²) >= 11 is 6.02. The Morgan fingerprint density at radius 3 is 2.17 bits per heavy atom. The van der Waals surface area contributed by atoms with Crippen molar-refractivity contribution in [1.82, 2.24) is 4.98 Å². The van der Waals surface area contributed by atoms with Crippen LogP contribution in [0.15, 0.2) is 95.9 Å². The van der Waals surface area contributed by atoms with E-state index in [9.17, 15) is 18.0 Å². The first-order valence-corrected chi connectivity index (χ1v) is 13.3. The molecule has 182 valence electrons. The van der Waals surface area contributed by atoms with Crippen LogP contribution >= 0.6 is 11.6 Å². The minimum atomic E-state index is -3.31. The number of carbonyl (C=O) groups excluding carboxylic acids is 2. The highest BCUT2D eigenvalue weighted by molar-refractivity contribution is 7.91. The molecule has 0 unspecified atom stereocenters. The zero-order valence-corrected chi connectivity index (χ0v) is 21.0. The van der Waals surface area contributed by atoms with Gasteiger partial charge in [-0.25, -0.2) is 13.4 Å². The molecule has 6 nitrogen and oxygen atoms in total. The van der Waals surface area contributed by atoms with E-state index in [0.717, 1.165) is 5.56 Å². The molecule has 4 rings (SSSR count). The van der Waals surface area contributed by atoms with Crippen LogP contribution in [0, 0.1) is 0 Å². The number of aromatic nitrogens is 1. The molecule has 0 radical (unpaired) electrons. The SMILES string of the molecule is CCS(=O)(=O)c1ccc(CC(=O)Nc2ccc(-c3ccc(Cl)cc3)c(C(=O)c3ccccc3)n2)cc1. The van der Waals surface area contributed by atoms with Gasteiger partial charge in [-0.05, 0) is 47.5 Å². The average molecular weight is 519 g/mol. The van der Waals surface area contributed by atoms with Gasteiger partial charge in [-0.15, -0.1) is 0 Å². The minimum absolute atomic E-state index is 0.00849. The molecule has 0 atom stereocenters. The number of anilines is 1. The van der Waals surface area contributed by atoms with E-state index in [1.165, 1.54) is 12.1 Å². The number of carbonyl (C=O) groups is 2. The van der Waals surface area contributed by atoms with E-state index in [1.807, 2.05) is 18.2 Å². The lowest BCUT2D eigenvalue weighted by Gasteiger charge is -2.12. The number of benzene rings is 3. The second-order valence-electron chi connectivity index (χ2n) is 8.07. The van der Waals surface area contributed by atoms with Gasteiger partial charge in [-0.1, -0.05) is 73.1 Å². The number of amides is 1. The molecule has 1 aromatic heterocycles. The maximum Gasteiger partial charge on any atom is 0.229 e. The summed E-state index contributed by atoms with van der Waals surface area (Å²) in [5, 5.41) is 3.32. The molecule has 0 bridgehead atoms. The van der Waals surface area contributed by atoms with Crippen molar-refractivity contribution < 1.29 is 18.0 Å². The summed E-state index contributed by atoms with van der Waals surface area (Å²) in [5.41, 5.74) is 2.72. The van der Waals surface area contributed by atoms with Gasteiger partial charge < -0.3 is 5.32 Å². The van der Waals surface area contributed by atoms with Crippen LogP contribution in [-0.4, -0.2) is 30.8 Å². The second kappa shape index (κ2) is 10.8. The zero-order chi connectivity index (χ0) is 25.7. The molecule has 8 heteroatoms. The van der Waals surface area contributed by atoms with E-state index in [2.05, 4.69) is 10.3 Å². The lowest BCUT2D eigenvalue weighted by molar-refractivity contribution is -0.115. The van der Waals surface area contributed by atoms with Crippen molar-refractivity contribution in [2.24, 2.45) is 0 Å². The van der Waals surface area contributed by atoms with Crippen LogP contribution in [0.5, 0.6) is 0 Å². The van der Waals surface area contributed by atoms with E-state index in [-0.39, 0.29) is 40.3 Å². The van der Waals surface area contributed by atoms with Crippen molar-refractivity contribution in [3.8, 4) is 11.1 Å². The fraction of sp³-hybridized carbons (Fsp3) is 0.107. The van der Waals surface area contributed by atoms with Crippen molar-refractivity contribution >= 4 is 38.9 Å². The Bertz CT molecular complexity index is 1500. The van der Waals surface area contributed by atoms with Crippen molar-refractivity contribution in [1.29, 1.82) is 0 Å². The Balaban J connectivity index is 1.59. The molecule has 1 heterocycles. The predicted octanol–water partition coefficient (Wildman–Crippen LogP) is 5.61. The van der Waals surface area contributed by atoms with Gasteiger partial charge in [0.15, 0.2) is 9.84 Å². The summed E-state index contributed by atoms with van der Waals surface area (Å²) < 4.78 is 24.0. The molecule has 0 aliphatic carbocycles. The van der Waals surface area contributed by atoms with Crippen LogP contribution in [0.1, 0.15) is 28.5 Å². The molecule has 3 aromatic carbocycles. The number of nitrogens with zero attached hydrogens (tertiary/aromatic N) is 1. The summed E-state index contributed by atoms with van der Waals surface area (Å²) in [5.74, 6) is -0.369. The molecule has 0 saturated heterocycles. The van der Waals surface area contributed by atoms with Gasteiger partial charge in [0, 0.05) is 16.1 Å². The largest absolute Gasteiger partial charge is 0.310 e. The molecular formula is C28H23ClN2O4S. The fourth-order valence-electron chi connectivity index (χ4n) is 3.64. The van der Waals surface area contributed by atoms with Crippen molar-refractivity contribution in [2.75, 3.05) is 11.1 Å². The number of halogens is 1. The number of ketones is 1. The van der Waals surface area contributed by atoms with Gasteiger partial charge in [-0.3, -0.25) is 9.59 Å². The van der Waals surface area contributed by atoms with E-state index < -0.39 is 9.84 Å². The average Bonchev–Trinajstić information content (AvgIpc) is 2.89. The fourth-order valence-corrected chi connectivity index (χ4v) is 4.65. The number of rotatable bonds is 8. The smallest absolute Gasteiger partial charge is 0.229 e. The van der Waals surface area contributed by atoms with Gasteiger partial charge >= 0.3 is 0 Å². The van der Waals surface area contributed by atoms with Crippen LogP contribution in [-0.2, 0) is 21.1 Å². The summed E-state index contributed by atoms with van der Waals surface area (Å²) in [4.78, 5) is 30.7. The molecule has 1 amide bonds. The maximum atomic E-state index is 13.3. The number of pyridine rings is 1. The quantitative estimate of drug-likeness (QED) is 0.306. The van der Waals surface area contributed by atoms with Gasteiger partial charge in [0.25, 0.3) is 0 Å². The molecule has 0 aliphatic rings. The summed E-state index contributed by atoms with van der Waals surface area (Å²) in [6.07, 6.45) is 0.0229. The minimum Gasteiger partial charge on any atom is -0.310 e. The molecule has 1 N–H and O–H groups in total. The number of hydrogen-bond donors (Lipinski definition) is 1. The van der Waals surface area contributed by atoms with E-state index >= 15 is 0 Å². The molecular weight excluding hydrogens is 496 g/mol. The van der Waals surface area contributed by atoms with Crippen molar-refractivity contribution in [3.63, 3.8) is 0 Å². The topological polar surface area (TPSA) is 93.2 Å². The number of nitrogens with one attached hydrogen (secondary N) is 1. The van der Waals surface area contributed by atoms with Gasteiger partial charge in [0.05, 0.1) is 17.1 Å². The Kier molecular flexibility index (Phi) is 7.62. The van der Waals surface area contributed by atoms with Gasteiger partial charge in [0.1, 0.15) is 11.5 Å². The molecule has 0 spiro atoms. The Hall–Kier alpha value is -3.81. The van der Waals surface area contributed by atoms with Crippen LogP contribution in [0.25, 0.3) is 11.1 Å². The Morgan fingerprint density at radius 1 is 0.861 bits per heavy atom. The van der Waals surface area contributed by atoms with Gasteiger partial charge in [0.2, 0.25) is 11.7 Å². The summed E-state index contributed by atoms with van der Waals surface area (Å²) in [6, 6.07) is 25.5. The molecule has 4 aromatic rings. The zero-order valence-electron chi connectivity index (χ0n) is 19.4. The van der Waals surface area contributed by atoms with Gasteiger partial charge in [-0.2, -0.15) is 0 Å². The highest BCUT2D eigenvalue weighted by Gasteiger charge is 2.19. The first-order chi connectivity index (χ1) is 17.3.